The van der Waals surface area contributed by atoms with Crippen LogP contribution in [0.5, 0.6) is 0 Å². The molecule has 0 bridgehead atoms. The number of aliphatic hydroxyl groups is 1. The molecular weight excluding hydrogens is 278 g/mol. The number of nitrogens with one attached hydrogen (secondary N) is 1. The van der Waals surface area contributed by atoms with Crippen LogP contribution in [0.2, 0.25) is 0 Å². The van der Waals surface area contributed by atoms with Gasteiger partial charge in [-0.3, -0.25) is 24.6 Å². The zero-order chi connectivity index (χ0) is 15.2. The van der Waals surface area contributed by atoms with E-state index in [0.29, 0.717) is 32.7 Å². The van der Waals surface area contributed by atoms with Crippen LogP contribution in [-0.2, 0) is 19.1 Å². The molecule has 8 nitrogen and oxygen atoms in total. The molecule has 0 radical (unpaired) electrons. The molecule has 2 aliphatic heterocycles. The van der Waals surface area contributed by atoms with Crippen LogP contribution in [0.4, 0.5) is 0 Å². The van der Waals surface area contributed by atoms with Crippen molar-refractivity contribution in [2.24, 2.45) is 0 Å². The van der Waals surface area contributed by atoms with E-state index >= 15 is 0 Å². The lowest BCUT2D eigenvalue weighted by atomic mass is 10.2. The van der Waals surface area contributed by atoms with Crippen LogP contribution in [0.15, 0.2) is 0 Å². The summed E-state index contributed by atoms with van der Waals surface area (Å²) >= 11 is 0. The van der Waals surface area contributed by atoms with E-state index < -0.39 is 11.8 Å². The Labute approximate surface area is 123 Å². The second-order valence-corrected chi connectivity index (χ2v) is 5.27. The van der Waals surface area contributed by atoms with Gasteiger partial charge >= 0.3 is 0 Å². The first kappa shape index (κ1) is 15.9. The van der Waals surface area contributed by atoms with Crippen LogP contribution >= 0.6 is 0 Å². The van der Waals surface area contributed by atoms with Crippen molar-refractivity contribution in [3.05, 3.63) is 0 Å². The first-order valence-electron chi connectivity index (χ1n) is 7.13. The smallest absolute Gasteiger partial charge is 0.246 e. The Balaban J connectivity index is 1.75. The first-order chi connectivity index (χ1) is 10.1. The SMILES string of the molecule is O=C(CN1CCCC1=O)NC(=O)CN1CCOCC1CO. The molecule has 0 aromatic rings. The van der Waals surface area contributed by atoms with Gasteiger partial charge < -0.3 is 14.7 Å². The van der Waals surface area contributed by atoms with Crippen LogP contribution in [-0.4, -0.2) is 84.7 Å². The average Bonchev–Trinajstić information content (AvgIpc) is 2.84. The predicted octanol–water partition coefficient (Wildman–Crippen LogP) is -2.06. The van der Waals surface area contributed by atoms with Crippen molar-refractivity contribution in [1.29, 1.82) is 0 Å². The third-order valence-electron chi connectivity index (χ3n) is 3.69. The number of carbonyl (C=O) groups is 3. The molecule has 3 amide bonds. The van der Waals surface area contributed by atoms with Gasteiger partial charge in [0.05, 0.1) is 39.0 Å². The normalized spacial score (nSPS) is 23.4. The lowest BCUT2D eigenvalue weighted by molar-refractivity contribution is -0.137. The molecule has 8 heteroatoms. The number of aliphatic hydroxyl groups excluding tert-OH is 1. The minimum absolute atomic E-state index is 0.0360. The van der Waals surface area contributed by atoms with Crippen LogP contribution < -0.4 is 5.32 Å². The molecule has 0 aromatic carbocycles. The number of morpholine rings is 1. The molecule has 2 saturated heterocycles. The number of likely N-dealkylation sites (tertiary alicyclic amines) is 1. The summed E-state index contributed by atoms with van der Waals surface area (Å²) in [5.41, 5.74) is 0. The number of rotatable bonds is 5. The quantitative estimate of drug-likeness (QED) is 0.606. The molecule has 0 aromatic heterocycles. The monoisotopic (exact) mass is 299 g/mol. The third kappa shape index (κ3) is 4.48. The van der Waals surface area contributed by atoms with Crippen molar-refractivity contribution in [3.8, 4) is 0 Å². The molecule has 2 fully saturated rings. The van der Waals surface area contributed by atoms with Crippen molar-refractivity contribution < 1.29 is 24.2 Å². The highest BCUT2D eigenvalue weighted by Gasteiger charge is 2.26. The number of ether oxygens (including phenoxy) is 1. The molecule has 0 spiro atoms. The molecular formula is C13H21N3O5. The van der Waals surface area contributed by atoms with Gasteiger partial charge in [0.25, 0.3) is 0 Å². The van der Waals surface area contributed by atoms with E-state index in [2.05, 4.69) is 5.32 Å². The molecule has 0 saturated carbocycles. The summed E-state index contributed by atoms with van der Waals surface area (Å²) in [6.07, 6.45) is 1.22. The van der Waals surface area contributed by atoms with E-state index in [9.17, 15) is 19.5 Å². The fourth-order valence-corrected chi connectivity index (χ4v) is 2.53. The first-order valence-corrected chi connectivity index (χ1v) is 7.13. The van der Waals surface area contributed by atoms with Gasteiger partial charge in [-0.15, -0.1) is 0 Å². The Morgan fingerprint density at radius 3 is 2.71 bits per heavy atom. The van der Waals surface area contributed by atoms with Crippen LogP contribution in [0.1, 0.15) is 12.8 Å². The highest BCUT2D eigenvalue weighted by Crippen LogP contribution is 2.08. The molecule has 21 heavy (non-hydrogen) atoms. The number of nitrogens with zero attached hydrogens (tertiary/aromatic N) is 2. The maximum absolute atomic E-state index is 11.8. The molecule has 2 rings (SSSR count). The third-order valence-corrected chi connectivity index (χ3v) is 3.69. The lowest BCUT2D eigenvalue weighted by Gasteiger charge is -2.33. The van der Waals surface area contributed by atoms with Gasteiger partial charge in [-0.1, -0.05) is 0 Å². The van der Waals surface area contributed by atoms with E-state index in [4.69, 9.17) is 4.74 Å². The van der Waals surface area contributed by atoms with Gasteiger partial charge in [0.15, 0.2) is 0 Å². The maximum Gasteiger partial charge on any atom is 0.246 e. The lowest BCUT2D eigenvalue weighted by Crippen LogP contribution is -2.52. The minimum Gasteiger partial charge on any atom is -0.395 e. The number of imide groups is 1. The summed E-state index contributed by atoms with van der Waals surface area (Å²) in [5.74, 6) is -0.942. The molecule has 2 N–H and O–H groups in total. The Kier molecular flexibility index (Phi) is 5.66. The number of hydrogen-bond acceptors (Lipinski definition) is 6. The van der Waals surface area contributed by atoms with E-state index in [1.54, 1.807) is 4.90 Å². The van der Waals surface area contributed by atoms with Crippen LogP contribution in [0.25, 0.3) is 0 Å². The van der Waals surface area contributed by atoms with Gasteiger partial charge in [-0.2, -0.15) is 0 Å². The van der Waals surface area contributed by atoms with Crippen LogP contribution in [0.3, 0.4) is 0 Å². The number of amides is 3. The van der Waals surface area contributed by atoms with Gasteiger partial charge in [-0.25, -0.2) is 0 Å². The largest absolute Gasteiger partial charge is 0.395 e. The van der Waals surface area contributed by atoms with Crippen molar-refractivity contribution in [2.75, 3.05) is 46.0 Å². The summed E-state index contributed by atoms with van der Waals surface area (Å²) in [5, 5.41) is 11.5. The van der Waals surface area contributed by atoms with Crippen molar-refractivity contribution in [1.82, 2.24) is 15.1 Å². The molecule has 2 heterocycles. The average molecular weight is 299 g/mol. The highest BCUT2D eigenvalue weighted by atomic mass is 16.5. The highest BCUT2D eigenvalue weighted by molar-refractivity contribution is 5.98. The summed E-state index contributed by atoms with van der Waals surface area (Å²) in [4.78, 5) is 38.2. The van der Waals surface area contributed by atoms with Crippen LogP contribution in [0, 0.1) is 0 Å². The minimum atomic E-state index is -0.468. The summed E-state index contributed by atoms with van der Waals surface area (Å²) < 4.78 is 5.22. The second-order valence-electron chi connectivity index (χ2n) is 5.27. The fourth-order valence-electron chi connectivity index (χ4n) is 2.53. The molecule has 0 aliphatic carbocycles. The maximum atomic E-state index is 11.8. The molecule has 1 unspecified atom stereocenters. The van der Waals surface area contributed by atoms with Crippen molar-refractivity contribution in [2.45, 2.75) is 18.9 Å². The predicted molar refractivity (Wildman–Crippen MR) is 72.2 cm³/mol. The van der Waals surface area contributed by atoms with Gasteiger partial charge in [0.2, 0.25) is 17.7 Å². The molecule has 2 aliphatic rings. The number of hydrogen-bond donors (Lipinski definition) is 2. The van der Waals surface area contributed by atoms with Crippen molar-refractivity contribution >= 4 is 17.7 Å². The molecule has 1 atom stereocenters. The van der Waals surface area contributed by atoms with E-state index in [-0.39, 0.29) is 31.6 Å². The summed E-state index contributed by atoms with van der Waals surface area (Å²) in [6.45, 7) is 1.85. The number of carbonyl (C=O) groups excluding carboxylic acids is 3. The zero-order valence-electron chi connectivity index (χ0n) is 11.9. The molecule has 118 valence electrons. The zero-order valence-corrected chi connectivity index (χ0v) is 11.9. The summed E-state index contributed by atoms with van der Waals surface area (Å²) in [6, 6.07) is -0.222. The topological polar surface area (TPSA) is 99.2 Å². The van der Waals surface area contributed by atoms with Crippen molar-refractivity contribution in [3.63, 3.8) is 0 Å². The Bertz CT molecular complexity index is 415. The van der Waals surface area contributed by atoms with E-state index in [1.165, 1.54) is 4.90 Å². The Morgan fingerprint density at radius 2 is 2.05 bits per heavy atom. The Hall–Kier alpha value is -1.51. The van der Waals surface area contributed by atoms with Gasteiger partial charge in [-0.05, 0) is 6.42 Å². The standard InChI is InChI=1S/C13H21N3O5/c17-8-10-9-21-5-4-15(10)6-11(18)14-12(19)7-16-3-1-2-13(16)20/h10,17H,1-9H2,(H,14,18,19). The Morgan fingerprint density at radius 1 is 1.29 bits per heavy atom. The van der Waals surface area contributed by atoms with E-state index in [1.807, 2.05) is 0 Å². The van der Waals surface area contributed by atoms with Gasteiger partial charge in [0, 0.05) is 19.5 Å². The van der Waals surface area contributed by atoms with Gasteiger partial charge in [0.1, 0.15) is 0 Å². The second kappa shape index (κ2) is 7.48. The van der Waals surface area contributed by atoms with E-state index in [0.717, 1.165) is 6.42 Å². The summed E-state index contributed by atoms with van der Waals surface area (Å²) in [7, 11) is 0. The fraction of sp³-hybridized carbons (Fsp3) is 0.769.